The zero-order valence-corrected chi connectivity index (χ0v) is 13.0. The fourth-order valence-corrected chi connectivity index (χ4v) is 1.76. The van der Waals surface area contributed by atoms with E-state index in [2.05, 4.69) is 17.6 Å². The third-order valence-electron chi connectivity index (χ3n) is 3.12. The number of rotatable bonds is 7. The third-order valence-corrected chi connectivity index (χ3v) is 3.12. The summed E-state index contributed by atoms with van der Waals surface area (Å²) in [6.07, 6.45) is 5.06. The highest BCUT2D eigenvalue weighted by Gasteiger charge is 2.12. The molecule has 0 radical (unpaired) electrons. The first-order valence-electron chi connectivity index (χ1n) is 7.42. The molecule has 4 nitrogen and oxygen atoms in total. The van der Waals surface area contributed by atoms with E-state index in [4.69, 9.17) is 0 Å². The van der Waals surface area contributed by atoms with Crippen LogP contribution in [0.3, 0.4) is 0 Å². The van der Waals surface area contributed by atoms with Crippen molar-refractivity contribution in [2.75, 3.05) is 6.54 Å². The van der Waals surface area contributed by atoms with Crippen LogP contribution in [-0.4, -0.2) is 24.4 Å². The molecular weight excluding hydrogens is 264 g/mol. The summed E-state index contributed by atoms with van der Waals surface area (Å²) in [5, 5.41) is 5.39. The molecular formula is C17H24N2O2. The topological polar surface area (TPSA) is 58.2 Å². The Labute approximate surface area is 126 Å². The molecule has 2 N–H and O–H groups in total. The largest absolute Gasteiger partial charge is 0.354 e. The molecule has 0 aliphatic rings. The molecule has 1 atom stereocenters. The van der Waals surface area contributed by atoms with Crippen molar-refractivity contribution in [1.29, 1.82) is 0 Å². The van der Waals surface area contributed by atoms with Crippen molar-refractivity contribution in [3.8, 4) is 0 Å². The molecule has 4 heteroatoms. The minimum Gasteiger partial charge on any atom is -0.354 e. The van der Waals surface area contributed by atoms with Crippen molar-refractivity contribution >= 4 is 17.9 Å². The Balaban J connectivity index is 2.48. The highest BCUT2D eigenvalue weighted by Crippen LogP contribution is 2.06. The number of amides is 2. The van der Waals surface area contributed by atoms with Gasteiger partial charge in [0.05, 0.1) is 0 Å². The van der Waals surface area contributed by atoms with E-state index in [9.17, 15) is 9.59 Å². The van der Waals surface area contributed by atoms with Crippen molar-refractivity contribution in [1.82, 2.24) is 10.6 Å². The first kappa shape index (κ1) is 17.0. The van der Waals surface area contributed by atoms with E-state index in [1.165, 1.54) is 11.6 Å². The maximum Gasteiger partial charge on any atom is 0.244 e. The summed E-state index contributed by atoms with van der Waals surface area (Å²) in [5.74, 6) is -0.431. The maximum absolute atomic E-state index is 11.8. The van der Waals surface area contributed by atoms with Gasteiger partial charge in [-0.1, -0.05) is 38.1 Å². The standard InChI is InChI=1S/C17H24N2O2/c1-4-12-18-17(21)13(3)19-16(20)11-10-15-8-6-14(5-2)7-9-15/h6-11,13H,4-5,12H2,1-3H3,(H,18,21)(H,19,20)/b11-10+/t13-/m0/s1. The lowest BCUT2D eigenvalue weighted by molar-refractivity contribution is -0.126. The van der Waals surface area contributed by atoms with Gasteiger partial charge >= 0.3 is 0 Å². The van der Waals surface area contributed by atoms with Gasteiger partial charge in [-0.2, -0.15) is 0 Å². The van der Waals surface area contributed by atoms with Gasteiger partial charge in [0.1, 0.15) is 6.04 Å². The SMILES string of the molecule is CCCNC(=O)[C@H](C)NC(=O)/C=C/c1ccc(CC)cc1. The summed E-state index contributed by atoms with van der Waals surface area (Å²) in [7, 11) is 0. The lowest BCUT2D eigenvalue weighted by Gasteiger charge is -2.12. The van der Waals surface area contributed by atoms with Crippen molar-refractivity contribution in [3.05, 3.63) is 41.5 Å². The van der Waals surface area contributed by atoms with E-state index in [1.807, 2.05) is 31.2 Å². The van der Waals surface area contributed by atoms with Crippen LogP contribution in [0.25, 0.3) is 6.08 Å². The lowest BCUT2D eigenvalue weighted by Crippen LogP contribution is -2.44. The van der Waals surface area contributed by atoms with Crippen LogP contribution in [0, 0.1) is 0 Å². The molecule has 0 spiro atoms. The van der Waals surface area contributed by atoms with Crippen LogP contribution in [0.1, 0.15) is 38.3 Å². The van der Waals surface area contributed by atoms with Crippen LogP contribution in [0.5, 0.6) is 0 Å². The van der Waals surface area contributed by atoms with Gasteiger partial charge in [-0.3, -0.25) is 9.59 Å². The molecule has 0 saturated heterocycles. The molecule has 0 bridgehead atoms. The van der Waals surface area contributed by atoms with Crippen LogP contribution < -0.4 is 10.6 Å². The highest BCUT2D eigenvalue weighted by atomic mass is 16.2. The van der Waals surface area contributed by atoms with Crippen LogP contribution in [0.2, 0.25) is 0 Å². The number of aryl methyl sites for hydroxylation is 1. The van der Waals surface area contributed by atoms with E-state index in [0.717, 1.165) is 18.4 Å². The average molecular weight is 288 g/mol. The quantitative estimate of drug-likeness (QED) is 0.756. The van der Waals surface area contributed by atoms with Gasteiger partial charge in [-0.15, -0.1) is 0 Å². The Morgan fingerprint density at radius 1 is 1.19 bits per heavy atom. The van der Waals surface area contributed by atoms with E-state index in [1.54, 1.807) is 13.0 Å². The van der Waals surface area contributed by atoms with Gasteiger partial charge < -0.3 is 10.6 Å². The highest BCUT2D eigenvalue weighted by molar-refractivity contribution is 5.95. The molecule has 0 aromatic heterocycles. The molecule has 0 fully saturated rings. The normalized spacial score (nSPS) is 12.1. The van der Waals surface area contributed by atoms with Crippen molar-refractivity contribution in [2.24, 2.45) is 0 Å². The number of hydrogen-bond acceptors (Lipinski definition) is 2. The Bertz CT molecular complexity index is 492. The number of carbonyl (C=O) groups excluding carboxylic acids is 2. The van der Waals surface area contributed by atoms with Gasteiger partial charge in [-0.05, 0) is 37.0 Å². The Kier molecular flexibility index (Phi) is 7.23. The van der Waals surface area contributed by atoms with E-state index in [0.29, 0.717) is 6.54 Å². The molecule has 2 amide bonds. The summed E-state index contributed by atoms with van der Waals surface area (Å²) in [6, 6.07) is 7.49. The van der Waals surface area contributed by atoms with E-state index in [-0.39, 0.29) is 11.8 Å². The van der Waals surface area contributed by atoms with E-state index >= 15 is 0 Å². The molecule has 1 aromatic rings. The van der Waals surface area contributed by atoms with Crippen molar-refractivity contribution < 1.29 is 9.59 Å². The fourth-order valence-electron chi connectivity index (χ4n) is 1.76. The van der Waals surface area contributed by atoms with Gasteiger partial charge in [0.15, 0.2) is 0 Å². The summed E-state index contributed by atoms with van der Waals surface area (Å²) >= 11 is 0. The summed E-state index contributed by atoms with van der Waals surface area (Å²) in [5.41, 5.74) is 2.23. The first-order valence-corrected chi connectivity index (χ1v) is 7.42. The third kappa shape index (κ3) is 6.25. The molecule has 21 heavy (non-hydrogen) atoms. The summed E-state index contributed by atoms with van der Waals surface area (Å²) in [4.78, 5) is 23.4. The summed E-state index contributed by atoms with van der Waals surface area (Å²) < 4.78 is 0. The maximum atomic E-state index is 11.8. The molecule has 1 aromatic carbocycles. The van der Waals surface area contributed by atoms with Crippen molar-refractivity contribution in [3.63, 3.8) is 0 Å². The molecule has 0 heterocycles. The molecule has 0 unspecified atom stereocenters. The molecule has 0 aliphatic carbocycles. The number of benzene rings is 1. The predicted octanol–water partition coefficient (Wildman–Crippen LogP) is 2.29. The van der Waals surface area contributed by atoms with Gasteiger partial charge in [0.25, 0.3) is 0 Å². The Morgan fingerprint density at radius 3 is 2.43 bits per heavy atom. The smallest absolute Gasteiger partial charge is 0.244 e. The Morgan fingerprint density at radius 2 is 1.86 bits per heavy atom. The molecule has 114 valence electrons. The van der Waals surface area contributed by atoms with E-state index < -0.39 is 6.04 Å². The number of carbonyl (C=O) groups is 2. The molecule has 1 rings (SSSR count). The Hall–Kier alpha value is -2.10. The predicted molar refractivity (Wildman–Crippen MR) is 85.8 cm³/mol. The minimum atomic E-state index is -0.531. The first-order chi connectivity index (χ1) is 10.1. The second-order valence-electron chi connectivity index (χ2n) is 4.95. The second-order valence-corrected chi connectivity index (χ2v) is 4.95. The lowest BCUT2D eigenvalue weighted by atomic mass is 10.1. The summed E-state index contributed by atoms with van der Waals surface area (Å²) in [6.45, 7) is 6.38. The monoisotopic (exact) mass is 288 g/mol. The zero-order chi connectivity index (χ0) is 15.7. The fraction of sp³-hybridized carbons (Fsp3) is 0.412. The second kappa shape index (κ2) is 8.95. The van der Waals surface area contributed by atoms with Crippen molar-refractivity contribution in [2.45, 2.75) is 39.7 Å². The minimum absolute atomic E-state index is 0.161. The van der Waals surface area contributed by atoms with Crippen LogP contribution in [-0.2, 0) is 16.0 Å². The van der Waals surface area contributed by atoms with Crippen LogP contribution in [0.4, 0.5) is 0 Å². The van der Waals surface area contributed by atoms with Crippen LogP contribution in [0.15, 0.2) is 30.3 Å². The average Bonchev–Trinajstić information content (AvgIpc) is 2.50. The van der Waals surface area contributed by atoms with Crippen LogP contribution >= 0.6 is 0 Å². The molecule has 0 aliphatic heterocycles. The number of nitrogens with one attached hydrogen (secondary N) is 2. The van der Waals surface area contributed by atoms with Gasteiger partial charge in [0, 0.05) is 12.6 Å². The zero-order valence-electron chi connectivity index (χ0n) is 13.0. The van der Waals surface area contributed by atoms with Gasteiger partial charge in [0.2, 0.25) is 11.8 Å². The molecule has 0 saturated carbocycles. The van der Waals surface area contributed by atoms with Gasteiger partial charge in [-0.25, -0.2) is 0 Å². The number of hydrogen-bond donors (Lipinski definition) is 2.